The standard InChI is InChI=1S/C26H41F2N3O3/c1-21-5-10-29(11-6-21)15-16-34-23-4-3-22(17-24(23)33-2)18-31-12-7-25(32,20-31)19-30-13-8-26(27,28)9-14-30/h3-4,17,21,32H,5-16,18-20H2,1-2H3. The number of rotatable bonds is 9. The van der Waals surface area contributed by atoms with Gasteiger partial charge in [-0.3, -0.25) is 14.7 Å². The van der Waals surface area contributed by atoms with Crippen molar-refractivity contribution in [3.63, 3.8) is 0 Å². The zero-order valence-corrected chi connectivity index (χ0v) is 20.8. The number of benzene rings is 1. The minimum Gasteiger partial charge on any atom is -0.493 e. The van der Waals surface area contributed by atoms with Gasteiger partial charge < -0.3 is 14.6 Å². The molecule has 1 atom stereocenters. The van der Waals surface area contributed by atoms with Gasteiger partial charge in [0.15, 0.2) is 11.5 Å². The maximum Gasteiger partial charge on any atom is 0.250 e. The first kappa shape index (κ1) is 25.6. The molecule has 0 spiro atoms. The fraction of sp³-hybridized carbons (Fsp3) is 0.769. The van der Waals surface area contributed by atoms with Gasteiger partial charge in [-0.15, -0.1) is 0 Å². The maximum absolute atomic E-state index is 13.4. The molecule has 0 bridgehead atoms. The summed E-state index contributed by atoms with van der Waals surface area (Å²) >= 11 is 0. The van der Waals surface area contributed by atoms with Crippen molar-refractivity contribution < 1.29 is 23.4 Å². The number of alkyl halides is 2. The van der Waals surface area contributed by atoms with Crippen molar-refractivity contribution in [3.8, 4) is 11.5 Å². The summed E-state index contributed by atoms with van der Waals surface area (Å²) < 4.78 is 38.5. The number of piperidine rings is 2. The average molecular weight is 482 g/mol. The maximum atomic E-state index is 13.4. The summed E-state index contributed by atoms with van der Waals surface area (Å²) in [5, 5.41) is 11.1. The number of methoxy groups -OCH3 is 1. The Hall–Kier alpha value is -1.48. The molecule has 3 fully saturated rings. The Morgan fingerprint density at radius 3 is 2.38 bits per heavy atom. The monoisotopic (exact) mass is 481 g/mol. The Labute approximate surface area is 202 Å². The highest BCUT2D eigenvalue weighted by molar-refractivity contribution is 5.43. The molecular formula is C26H41F2N3O3. The molecular weight excluding hydrogens is 440 g/mol. The molecule has 3 aliphatic heterocycles. The van der Waals surface area contributed by atoms with Gasteiger partial charge in [0, 0.05) is 58.7 Å². The first-order chi connectivity index (χ1) is 16.2. The Morgan fingerprint density at radius 2 is 1.68 bits per heavy atom. The quantitative estimate of drug-likeness (QED) is 0.583. The molecule has 0 amide bonds. The van der Waals surface area contributed by atoms with Gasteiger partial charge in [0.25, 0.3) is 5.92 Å². The molecule has 3 heterocycles. The summed E-state index contributed by atoms with van der Waals surface area (Å²) in [5.41, 5.74) is 0.266. The van der Waals surface area contributed by atoms with Crippen LogP contribution in [0.3, 0.4) is 0 Å². The van der Waals surface area contributed by atoms with Crippen LogP contribution < -0.4 is 9.47 Å². The number of aliphatic hydroxyl groups is 1. The fourth-order valence-corrected chi connectivity index (χ4v) is 5.42. The van der Waals surface area contributed by atoms with Crippen molar-refractivity contribution in [3.05, 3.63) is 23.8 Å². The van der Waals surface area contributed by atoms with Crippen LogP contribution in [0.5, 0.6) is 11.5 Å². The molecule has 0 radical (unpaired) electrons. The van der Waals surface area contributed by atoms with Crippen LogP contribution in [0.4, 0.5) is 8.78 Å². The summed E-state index contributed by atoms with van der Waals surface area (Å²) in [7, 11) is 1.66. The average Bonchev–Trinajstić information content (AvgIpc) is 3.17. The molecule has 4 rings (SSSR count). The third-order valence-corrected chi connectivity index (χ3v) is 7.69. The number of likely N-dealkylation sites (tertiary alicyclic amines) is 3. The van der Waals surface area contributed by atoms with Crippen LogP contribution in [0.15, 0.2) is 18.2 Å². The highest BCUT2D eigenvalue weighted by atomic mass is 19.3. The van der Waals surface area contributed by atoms with E-state index in [9.17, 15) is 13.9 Å². The second kappa shape index (κ2) is 11.1. The van der Waals surface area contributed by atoms with Gasteiger partial charge in [-0.05, 0) is 56.0 Å². The Morgan fingerprint density at radius 1 is 0.971 bits per heavy atom. The number of hydrogen-bond donors (Lipinski definition) is 1. The van der Waals surface area contributed by atoms with Gasteiger partial charge >= 0.3 is 0 Å². The second-order valence-electron chi connectivity index (χ2n) is 10.7. The van der Waals surface area contributed by atoms with E-state index in [4.69, 9.17) is 9.47 Å². The predicted molar refractivity (Wildman–Crippen MR) is 129 cm³/mol. The van der Waals surface area contributed by atoms with E-state index in [0.717, 1.165) is 49.2 Å². The van der Waals surface area contributed by atoms with Gasteiger partial charge in [-0.25, -0.2) is 8.78 Å². The van der Waals surface area contributed by atoms with Gasteiger partial charge in [-0.1, -0.05) is 13.0 Å². The van der Waals surface area contributed by atoms with E-state index in [2.05, 4.69) is 22.8 Å². The SMILES string of the molecule is COc1cc(CN2CCC(O)(CN3CCC(F)(F)CC3)C2)ccc1OCCN1CCC(C)CC1. The first-order valence-corrected chi connectivity index (χ1v) is 12.8. The van der Waals surface area contributed by atoms with E-state index >= 15 is 0 Å². The van der Waals surface area contributed by atoms with Gasteiger partial charge in [0.05, 0.1) is 12.7 Å². The van der Waals surface area contributed by atoms with Gasteiger partial charge in [0.1, 0.15) is 6.61 Å². The van der Waals surface area contributed by atoms with Gasteiger partial charge in [-0.2, -0.15) is 0 Å². The smallest absolute Gasteiger partial charge is 0.250 e. The Kier molecular flexibility index (Phi) is 8.33. The van der Waals surface area contributed by atoms with Crippen molar-refractivity contribution in [2.45, 2.75) is 57.1 Å². The molecule has 1 unspecified atom stereocenters. The minimum atomic E-state index is -2.55. The van der Waals surface area contributed by atoms with Crippen molar-refractivity contribution in [1.29, 1.82) is 0 Å². The zero-order valence-electron chi connectivity index (χ0n) is 20.8. The van der Waals surface area contributed by atoms with E-state index in [1.165, 1.54) is 12.8 Å². The van der Waals surface area contributed by atoms with Gasteiger partial charge in [0.2, 0.25) is 0 Å². The summed E-state index contributed by atoms with van der Waals surface area (Å²) in [6, 6.07) is 6.05. The molecule has 3 aliphatic rings. The van der Waals surface area contributed by atoms with Crippen molar-refractivity contribution in [2.75, 3.05) is 66.1 Å². The molecule has 8 heteroatoms. The van der Waals surface area contributed by atoms with E-state index in [-0.39, 0.29) is 12.8 Å². The molecule has 0 saturated carbocycles. The summed E-state index contributed by atoms with van der Waals surface area (Å²) in [6.07, 6.45) is 2.96. The third kappa shape index (κ3) is 7.03. The van der Waals surface area contributed by atoms with Crippen molar-refractivity contribution >= 4 is 0 Å². The van der Waals surface area contributed by atoms with E-state index < -0.39 is 11.5 Å². The molecule has 1 aromatic carbocycles. The zero-order chi connectivity index (χ0) is 24.2. The lowest BCUT2D eigenvalue weighted by Gasteiger charge is -2.36. The molecule has 1 aromatic rings. The topological polar surface area (TPSA) is 48.4 Å². The Bertz CT molecular complexity index is 793. The number of hydrogen-bond acceptors (Lipinski definition) is 6. The highest BCUT2D eigenvalue weighted by Crippen LogP contribution is 2.32. The van der Waals surface area contributed by atoms with E-state index in [1.54, 1.807) is 7.11 Å². The first-order valence-electron chi connectivity index (χ1n) is 12.8. The second-order valence-corrected chi connectivity index (χ2v) is 10.7. The van der Waals surface area contributed by atoms with Crippen LogP contribution in [0.2, 0.25) is 0 Å². The molecule has 1 N–H and O–H groups in total. The molecule has 0 aliphatic carbocycles. The van der Waals surface area contributed by atoms with Crippen molar-refractivity contribution in [2.24, 2.45) is 5.92 Å². The third-order valence-electron chi connectivity index (χ3n) is 7.69. The lowest BCUT2D eigenvalue weighted by atomic mass is 9.99. The molecule has 34 heavy (non-hydrogen) atoms. The van der Waals surface area contributed by atoms with Crippen LogP contribution in [0, 0.1) is 5.92 Å². The fourth-order valence-electron chi connectivity index (χ4n) is 5.42. The van der Waals surface area contributed by atoms with Crippen LogP contribution in [0.25, 0.3) is 0 Å². The lowest BCUT2D eigenvalue weighted by Crippen LogP contribution is -2.49. The van der Waals surface area contributed by atoms with Crippen molar-refractivity contribution in [1.82, 2.24) is 14.7 Å². The molecule has 3 saturated heterocycles. The summed E-state index contributed by atoms with van der Waals surface area (Å²) in [4.78, 5) is 6.68. The normalized spacial score (nSPS) is 27.2. The molecule has 0 aromatic heterocycles. The predicted octanol–water partition coefficient (Wildman–Crippen LogP) is 3.47. The largest absolute Gasteiger partial charge is 0.493 e. The number of nitrogens with zero attached hydrogens (tertiary/aromatic N) is 3. The minimum absolute atomic E-state index is 0.113. The van der Waals surface area contributed by atoms with Crippen LogP contribution in [-0.2, 0) is 6.54 Å². The number of β-amino-alcohol motifs (C(OH)–C–C–N with tert-alkyl or cyclic N) is 1. The van der Waals surface area contributed by atoms with Crippen LogP contribution in [-0.4, -0.2) is 97.4 Å². The molecule has 6 nitrogen and oxygen atoms in total. The Balaban J connectivity index is 1.24. The number of ether oxygens (including phenoxy) is 2. The van der Waals surface area contributed by atoms with E-state index in [1.807, 2.05) is 17.0 Å². The van der Waals surface area contributed by atoms with Crippen LogP contribution in [0.1, 0.15) is 44.6 Å². The number of halogens is 2. The highest BCUT2D eigenvalue weighted by Gasteiger charge is 2.40. The molecule has 192 valence electrons. The van der Waals surface area contributed by atoms with E-state index in [0.29, 0.717) is 45.8 Å². The summed E-state index contributed by atoms with van der Waals surface area (Å²) in [5.74, 6) is -0.235. The lowest BCUT2D eigenvalue weighted by molar-refractivity contribution is -0.0724. The summed E-state index contributed by atoms with van der Waals surface area (Å²) in [6.45, 7) is 9.40. The van der Waals surface area contributed by atoms with Crippen LogP contribution >= 0.6 is 0 Å².